The van der Waals surface area contributed by atoms with E-state index < -0.39 is 11.7 Å². The van der Waals surface area contributed by atoms with Gasteiger partial charge in [0.05, 0.1) is 18.2 Å². The quantitative estimate of drug-likeness (QED) is 0.754. The lowest BCUT2D eigenvalue weighted by atomic mass is 10.1. The van der Waals surface area contributed by atoms with Gasteiger partial charge >= 0.3 is 6.09 Å². The van der Waals surface area contributed by atoms with Crippen LogP contribution in [0.5, 0.6) is 0 Å². The lowest BCUT2D eigenvalue weighted by Gasteiger charge is -2.20. The van der Waals surface area contributed by atoms with E-state index in [2.05, 4.69) is 6.92 Å². The van der Waals surface area contributed by atoms with E-state index in [0.29, 0.717) is 0 Å². The Morgan fingerprint density at radius 2 is 2.06 bits per heavy atom. The van der Waals surface area contributed by atoms with Crippen molar-refractivity contribution in [3.63, 3.8) is 0 Å². The molecule has 1 saturated heterocycles. The third-order valence-corrected chi connectivity index (χ3v) is 2.67. The molecule has 1 rings (SSSR count). The Morgan fingerprint density at radius 1 is 1.50 bits per heavy atom. The topological polar surface area (TPSA) is 49.5 Å². The first kappa shape index (κ1) is 13.3. The summed E-state index contributed by atoms with van der Waals surface area (Å²) in [5.41, 5.74) is -0.473. The van der Waals surface area contributed by atoms with E-state index in [0.717, 1.165) is 12.8 Å². The minimum atomic E-state index is -0.482. The Morgan fingerprint density at radius 3 is 2.44 bits per heavy atom. The van der Waals surface area contributed by atoms with Gasteiger partial charge in [0.15, 0.2) is 0 Å². The van der Waals surface area contributed by atoms with Crippen LogP contribution in [0.4, 0.5) is 4.79 Å². The highest BCUT2D eigenvalue weighted by Crippen LogP contribution is 2.36. The molecule has 0 aliphatic carbocycles. The van der Waals surface area contributed by atoms with E-state index in [-0.39, 0.29) is 18.2 Å². The highest BCUT2D eigenvalue weighted by Gasteiger charge is 2.54. The van der Waals surface area contributed by atoms with Crippen molar-refractivity contribution in [1.82, 2.24) is 4.90 Å². The number of carbonyl (C=O) groups excluding carboxylic acids is 1. The van der Waals surface area contributed by atoms with E-state index in [1.165, 1.54) is 0 Å². The SMILES string of the molecule is CCC[C@@H]1[C@H]([C@@H](C)O)N1C(=O)OC(C)(C)C. The molecule has 0 radical (unpaired) electrons. The number of aliphatic hydroxyl groups is 1. The maximum absolute atomic E-state index is 11.8. The Labute approximate surface area is 97.6 Å². The summed E-state index contributed by atoms with van der Waals surface area (Å²) in [4.78, 5) is 13.5. The average molecular weight is 229 g/mol. The fraction of sp³-hybridized carbons (Fsp3) is 0.917. The molecule has 0 unspecified atom stereocenters. The molecular weight excluding hydrogens is 206 g/mol. The molecule has 0 saturated carbocycles. The Bertz CT molecular complexity index is 257. The number of aliphatic hydroxyl groups excluding tert-OH is 1. The van der Waals surface area contributed by atoms with Crippen LogP contribution in [0.1, 0.15) is 47.5 Å². The highest BCUT2D eigenvalue weighted by molar-refractivity contribution is 5.72. The summed E-state index contributed by atoms with van der Waals surface area (Å²) in [6.45, 7) is 9.34. The Balaban J connectivity index is 2.56. The van der Waals surface area contributed by atoms with E-state index >= 15 is 0 Å². The maximum Gasteiger partial charge on any atom is 0.411 e. The van der Waals surface area contributed by atoms with Crippen LogP contribution in [0.15, 0.2) is 0 Å². The van der Waals surface area contributed by atoms with Gasteiger partial charge in [-0.25, -0.2) is 4.79 Å². The zero-order valence-corrected chi connectivity index (χ0v) is 10.9. The predicted octanol–water partition coefficient (Wildman–Crippen LogP) is 2.16. The summed E-state index contributed by atoms with van der Waals surface area (Å²) in [5.74, 6) is 0. The van der Waals surface area contributed by atoms with Crippen molar-refractivity contribution in [2.75, 3.05) is 0 Å². The minimum Gasteiger partial charge on any atom is -0.444 e. The van der Waals surface area contributed by atoms with Gasteiger partial charge in [-0.05, 0) is 34.1 Å². The molecule has 1 aliphatic heterocycles. The fourth-order valence-corrected chi connectivity index (χ4v) is 2.03. The van der Waals surface area contributed by atoms with Gasteiger partial charge in [-0.2, -0.15) is 0 Å². The van der Waals surface area contributed by atoms with Crippen molar-refractivity contribution in [2.24, 2.45) is 0 Å². The molecule has 1 N–H and O–H groups in total. The van der Waals surface area contributed by atoms with E-state index in [1.807, 2.05) is 20.8 Å². The molecule has 0 aromatic rings. The standard InChI is InChI=1S/C12H23NO3/c1-6-7-9-10(8(2)14)13(9)11(15)16-12(3,4)5/h8-10,14H,6-7H2,1-5H3/t8-,9-,10+,13?/m1/s1. The van der Waals surface area contributed by atoms with Gasteiger partial charge in [-0.3, -0.25) is 4.90 Å². The summed E-state index contributed by atoms with van der Waals surface area (Å²) in [6, 6.07) is 0.0923. The highest BCUT2D eigenvalue weighted by atomic mass is 16.6. The molecule has 1 heterocycles. The molecule has 94 valence electrons. The molecular formula is C12H23NO3. The van der Waals surface area contributed by atoms with Crippen LogP contribution in [0.3, 0.4) is 0 Å². The van der Waals surface area contributed by atoms with E-state index in [1.54, 1.807) is 11.8 Å². The van der Waals surface area contributed by atoms with Crippen molar-refractivity contribution >= 4 is 6.09 Å². The zero-order valence-electron chi connectivity index (χ0n) is 10.9. The number of carbonyl (C=O) groups is 1. The Hall–Kier alpha value is -0.770. The molecule has 4 heteroatoms. The molecule has 0 aromatic carbocycles. The molecule has 1 fully saturated rings. The normalized spacial score (nSPS) is 26.5. The molecule has 16 heavy (non-hydrogen) atoms. The smallest absolute Gasteiger partial charge is 0.411 e. The number of hydrogen-bond acceptors (Lipinski definition) is 3. The number of hydrogen-bond donors (Lipinski definition) is 1. The van der Waals surface area contributed by atoms with Crippen LogP contribution in [0.25, 0.3) is 0 Å². The van der Waals surface area contributed by atoms with E-state index in [9.17, 15) is 9.90 Å². The molecule has 0 bridgehead atoms. The van der Waals surface area contributed by atoms with E-state index in [4.69, 9.17) is 4.74 Å². The largest absolute Gasteiger partial charge is 0.444 e. The first-order valence-electron chi connectivity index (χ1n) is 5.97. The lowest BCUT2D eigenvalue weighted by molar-refractivity contribution is 0.0361. The average Bonchev–Trinajstić information content (AvgIpc) is 2.76. The summed E-state index contributed by atoms with van der Waals surface area (Å²) in [5, 5.41) is 9.56. The lowest BCUT2D eigenvalue weighted by Crippen LogP contribution is -2.29. The number of ether oxygens (including phenoxy) is 1. The van der Waals surface area contributed by atoms with Crippen molar-refractivity contribution in [1.29, 1.82) is 0 Å². The molecule has 4 nitrogen and oxygen atoms in total. The number of nitrogens with zero attached hydrogens (tertiary/aromatic N) is 1. The molecule has 1 amide bonds. The molecule has 3 atom stereocenters. The third kappa shape index (κ3) is 3.11. The monoisotopic (exact) mass is 229 g/mol. The molecule has 1 aliphatic rings. The van der Waals surface area contributed by atoms with Crippen molar-refractivity contribution in [3.8, 4) is 0 Å². The van der Waals surface area contributed by atoms with Gasteiger partial charge in [0.1, 0.15) is 5.60 Å². The van der Waals surface area contributed by atoms with Gasteiger partial charge in [0.25, 0.3) is 0 Å². The Kier molecular flexibility index (Phi) is 3.84. The van der Waals surface area contributed by atoms with Gasteiger partial charge in [0, 0.05) is 0 Å². The van der Waals surface area contributed by atoms with Crippen LogP contribution in [0.2, 0.25) is 0 Å². The molecule has 0 aromatic heterocycles. The summed E-state index contributed by atoms with van der Waals surface area (Å²) < 4.78 is 5.29. The minimum absolute atomic E-state index is 0.0604. The van der Waals surface area contributed by atoms with Crippen molar-refractivity contribution in [2.45, 2.75) is 71.2 Å². The van der Waals surface area contributed by atoms with Crippen LogP contribution in [0, 0.1) is 0 Å². The fourth-order valence-electron chi connectivity index (χ4n) is 2.03. The second-order valence-electron chi connectivity index (χ2n) is 5.47. The summed E-state index contributed by atoms with van der Waals surface area (Å²) in [6.07, 6.45) is 1.14. The van der Waals surface area contributed by atoms with Gasteiger partial charge in [-0.1, -0.05) is 13.3 Å². The second-order valence-corrected chi connectivity index (χ2v) is 5.47. The van der Waals surface area contributed by atoms with Crippen LogP contribution < -0.4 is 0 Å². The number of amides is 1. The van der Waals surface area contributed by atoms with Crippen LogP contribution in [-0.2, 0) is 4.74 Å². The van der Waals surface area contributed by atoms with Crippen LogP contribution >= 0.6 is 0 Å². The second kappa shape index (κ2) is 4.62. The van der Waals surface area contributed by atoms with Gasteiger partial charge in [-0.15, -0.1) is 0 Å². The van der Waals surface area contributed by atoms with Gasteiger partial charge < -0.3 is 9.84 Å². The third-order valence-electron chi connectivity index (χ3n) is 2.67. The summed E-state index contributed by atoms with van der Waals surface area (Å²) in [7, 11) is 0. The predicted molar refractivity (Wildman–Crippen MR) is 62.2 cm³/mol. The van der Waals surface area contributed by atoms with Gasteiger partial charge in [0.2, 0.25) is 0 Å². The zero-order chi connectivity index (χ0) is 12.5. The molecule has 0 spiro atoms. The van der Waals surface area contributed by atoms with Crippen molar-refractivity contribution in [3.05, 3.63) is 0 Å². The maximum atomic E-state index is 11.8. The van der Waals surface area contributed by atoms with Crippen molar-refractivity contribution < 1.29 is 14.6 Å². The van der Waals surface area contributed by atoms with Crippen LogP contribution in [-0.4, -0.2) is 39.9 Å². The number of rotatable bonds is 3. The first-order chi connectivity index (χ1) is 7.28. The first-order valence-corrected chi connectivity index (χ1v) is 5.97. The summed E-state index contributed by atoms with van der Waals surface area (Å²) >= 11 is 0.